The molecule has 5 nitrogen and oxygen atoms in total. The number of aromatic nitrogens is 3. The van der Waals surface area contributed by atoms with Crippen LogP contribution in [0.3, 0.4) is 0 Å². The Hall–Kier alpha value is -1.88. The maximum absolute atomic E-state index is 11.8. The van der Waals surface area contributed by atoms with Crippen LogP contribution in [0.2, 0.25) is 5.02 Å². The molecule has 0 bridgehead atoms. The molecule has 0 atom stereocenters. The van der Waals surface area contributed by atoms with Crippen molar-refractivity contribution >= 4 is 17.5 Å². The van der Waals surface area contributed by atoms with Crippen molar-refractivity contribution in [3.63, 3.8) is 0 Å². The lowest BCUT2D eigenvalue weighted by Crippen LogP contribution is -2.32. The molecule has 1 saturated carbocycles. The highest BCUT2D eigenvalue weighted by Crippen LogP contribution is 2.48. The lowest BCUT2D eigenvalue weighted by atomic mass is 9.96. The third kappa shape index (κ3) is 2.46. The van der Waals surface area contributed by atoms with Gasteiger partial charge >= 0.3 is 0 Å². The van der Waals surface area contributed by atoms with Crippen LogP contribution in [0, 0.1) is 0 Å². The summed E-state index contributed by atoms with van der Waals surface area (Å²) in [6.45, 7) is 0.596. The first-order valence-electron chi connectivity index (χ1n) is 6.10. The van der Waals surface area contributed by atoms with Crippen molar-refractivity contribution in [2.24, 2.45) is 0 Å². The van der Waals surface area contributed by atoms with Crippen molar-refractivity contribution in [3.05, 3.63) is 46.7 Å². The summed E-state index contributed by atoms with van der Waals surface area (Å²) in [6.07, 6.45) is 3.53. The predicted octanol–water partition coefficient (Wildman–Crippen LogP) is 1.92. The summed E-state index contributed by atoms with van der Waals surface area (Å²) in [4.78, 5) is 11.8. The fraction of sp³-hybridized carbons (Fsp3) is 0.308. The van der Waals surface area contributed by atoms with E-state index in [1.807, 2.05) is 18.2 Å². The Morgan fingerprint density at radius 2 is 2.32 bits per heavy atom. The standard InChI is InChI=1S/C13H13ClN4O/c14-10-3-1-2-9(6-10)13(4-5-13)8-15-12(19)11-7-16-18-17-11/h1-3,6-7H,4-5,8H2,(H,15,19)(H,16,17,18). The molecule has 3 rings (SSSR count). The van der Waals surface area contributed by atoms with Crippen LogP contribution in [0.4, 0.5) is 0 Å². The van der Waals surface area contributed by atoms with Gasteiger partial charge in [0.2, 0.25) is 0 Å². The maximum atomic E-state index is 11.8. The minimum absolute atomic E-state index is 0.0320. The second-order valence-corrected chi connectivity index (χ2v) is 5.27. The number of rotatable bonds is 4. The Morgan fingerprint density at radius 3 is 2.95 bits per heavy atom. The van der Waals surface area contributed by atoms with Crippen molar-refractivity contribution in [2.75, 3.05) is 6.54 Å². The Kier molecular flexibility index (Phi) is 2.98. The summed E-state index contributed by atoms with van der Waals surface area (Å²) in [5.74, 6) is -0.206. The molecule has 2 aromatic rings. The average Bonchev–Trinajstić information content (AvgIpc) is 3.00. The predicted molar refractivity (Wildman–Crippen MR) is 71.1 cm³/mol. The van der Waals surface area contributed by atoms with Crippen molar-refractivity contribution in [1.82, 2.24) is 20.7 Å². The second-order valence-electron chi connectivity index (χ2n) is 4.83. The van der Waals surface area contributed by atoms with Crippen LogP contribution < -0.4 is 5.32 Å². The largest absolute Gasteiger partial charge is 0.350 e. The van der Waals surface area contributed by atoms with E-state index >= 15 is 0 Å². The zero-order chi connectivity index (χ0) is 13.3. The molecule has 0 spiro atoms. The quantitative estimate of drug-likeness (QED) is 0.896. The highest BCUT2D eigenvalue weighted by Gasteiger charge is 2.44. The Balaban J connectivity index is 1.68. The molecule has 0 unspecified atom stereocenters. The summed E-state index contributed by atoms with van der Waals surface area (Å²) >= 11 is 6.01. The zero-order valence-corrected chi connectivity index (χ0v) is 10.9. The Morgan fingerprint density at radius 1 is 1.47 bits per heavy atom. The molecule has 0 aliphatic heterocycles. The summed E-state index contributed by atoms with van der Waals surface area (Å²) in [5.41, 5.74) is 1.52. The number of hydrogen-bond acceptors (Lipinski definition) is 3. The van der Waals surface area contributed by atoms with Gasteiger partial charge in [-0.25, -0.2) is 0 Å². The van der Waals surface area contributed by atoms with Crippen LogP contribution in [-0.2, 0) is 5.41 Å². The number of hydrogen-bond donors (Lipinski definition) is 2. The summed E-state index contributed by atoms with van der Waals surface area (Å²) in [7, 11) is 0. The van der Waals surface area contributed by atoms with Gasteiger partial charge in [0.1, 0.15) is 0 Å². The smallest absolute Gasteiger partial charge is 0.273 e. The van der Waals surface area contributed by atoms with Gasteiger partial charge < -0.3 is 5.32 Å². The minimum atomic E-state index is -0.206. The zero-order valence-electron chi connectivity index (χ0n) is 10.2. The first-order chi connectivity index (χ1) is 9.20. The van der Waals surface area contributed by atoms with Crippen molar-refractivity contribution in [1.29, 1.82) is 0 Å². The minimum Gasteiger partial charge on any atom is -0.350 e. The SMILES string of the molecule is O=C(NCC1(c2cccc(Cl)c2)CC1)c1cn[nH]n1. The van der Waals surface area contributed by atoms with Crippen LogP contribution in [0.15, 0.2) is 30.5 Å². The number of benzene rings is 1. The lowest BCUT2D eigenvalue weighted by Gasteiger charge is -2.16. The summed E-state index contributed by atoms with van der Waals surface area (Å²) < 4.78 is 0. The molecular weight excluding hydrogens is 264 g/mol. The van der Waals surface area contributed by atoms with Crippen molar-refractivity contribution in [2.45, 2.75) is 18.3 Å². The van der Waals surface area contributed by atoms with Crippen LogP contribution in [0.5, 0.6) is 0 Å². The number of carbonyl (C=O) groups is 1. The van der Waals surface area contributed by atoms with E-state index in [9.17, 15) is 4.79 Å². The van der Waals surface area contributed by atoms with E-state index in [2.05, 4.69) is 26.8 Å². The van der Waals surface area contributed by atoms with Gasteiger partial charge in [-0.1, -0.05) is 23.7 Å². The Bertz CT molecular complexity index is 592. The second kappa shape index (κ2) is 4.66. The van der Waals surface area contributed by atoms with E-state index in [0.29, 0.717) is 12.2 Å². The molecule has 6 heteroatoms. The van der Waals surface area contributed by atoms with Gasteiger partial charge in [0.25, 0.3) is 5.91 Å². The van der Waals surface area contributed by atoms with Crippen LogP contribution in [0.1, 0.15) is 28.9 Å². The highest BCUT2D eigenvalue weighted by molar-refractivity contribution is 6.30. The van der Waals surface area contributed by atoms with Gasteiger partial charge in [0.05, 0.1) is 6.20 Å². The lowest BCUT2D eigenvalue weighted by molar-refractivity contribution is 0.0944. The van der Waals surface area contributed by atoms with E-state index in [4.69, 9.17) is 11.6 Å². The number of nitrogens with one attached hydrogen (secondary N) is 2. The first kappa shape index (κ1) is 12.2. The Labute approximate surface area is 115 Å². The fourth-order valence-electron chi connectivity index (χ4n) is 2.19. The van der Waals surface area contributed by atoms with E-state index in [-0.39, 0.29) is 11.3 Å². The molecule has 1 aliphatic rings. The van der Waals surface area contributed by atoms with E-state index in [1.54, 1.807) is 0 Å². The van der Waals surface area contributed by atoms with Crippen molar-refractivity contribution in [3.8, 4) is 0 Å². The monoisotopic (exact) mass is 276 g/mol. The summed E-state index contributed by atoms with van der Waals surface area (Å²) in [6, 6.07) is 7.82. The van der Waals surface area contributed by atoms with E-state index in [1.165, 1.54) is 11.8 Å². The third-order valence-electron chi connectivity index (χ3n) is 3.53. The molecular formula is C13H13ClN4O. The van der Waals surface area contributed by atoms with Crippen LogP contribution in [0.25, 0.3) is 0 Å². The van der Waals surface area contributed by atoms with E-state index < -0.39 is 0 Å². The van der Waals surface area contributed by atoms with Gasteiger partial charge in [0, 0.05) is 17.0 Å². The van der Waals surface area contributed by atoms with Gasteiger partial charge in [0.15, 0.2) is 5.69 Å². The molecule has 1 aromatic carbocycles. The molecule has 2 N–H and O–H groups in total. The third-order valence-corrected chi connectivity index (χ3v) is 3.76. The van der Waals surface area contributed by atoms with Crippen molar-refractivity contribution < 1.29 is 4.79 Å². The molecule has 0 radical (unpaired) electrons. The number of halogens is 1. The van der Waals surface area contributed by atoms with Gasteiger partial charge in [-0.3, -0.25) is 4.79 Å². The first-order valence-corrected chi connectivity index (χ1v) is 6.47. The molecule has 0 saturated heterocycles. The number of nitrogens with zero attached hydrogens (tertiary/aromatic N) is 2. The number of H-pyrrole nitrogens is 1. The van der Waals surface area contributed by atoms with Gasteiger partial charge in [-0.15, -0.1) is 0 Å². The summed E-state index contributed by atoms with van der Waals surface area (Å²) in [5, 5.41) is 13.4. The molecule has 1 heterocycles. The molecule has 1 aliphatic carbocycles. The molecule has 1 fully saturated rings. The van der Waals surface area contributed by atoms with Gasteiger partial charge in [-0.2, -0.15) is 15.4 Å². The molecule has 1 amide bonds. The molecule has 98 valence electrons. The highest BCUT2D eigenvalue weighted by atomic mass is 35.5. The normalized spacial score (nSPS) is 16.1. The van der Waals surface area contributed by atoms with Crippen LogP contribution in [-0.4, -0.2) is 27.9 Å². The molecule has 1 aromatic heterocycles. The number of aromatic amines is 1. The fourth-order valence-corrected chi connectivity index (χ4v) is 2.38. The van der Waals surface area contributed by atoms with Gasteiger partial charge in [-0.05, 0) is 30.5 Å². The maximum Gasteiger partial charge on any atom is 0.273 e. The number of amides is 1. The topological polar surface area (TPSA) is 70.7 Å². The molecule has 19 heavy (non-hydrogen) atoms. The van der Waals surface area contributed by atoms with Crippen LogP contribution >= 0.6 is 11.6 Å². The number of carbonyl (C=O) groups excluding carboxylic acids is 1. The average molecular weight is 277 g/mol. The van der Waals surface area contributed by atoms with E-state index in [0.717, 1.165) is 17.9 Å².